The van der Waals surface area contributed by atoms with Crippen molar-refractivity contribution in [3.63, 3.8) is 0 Å². The number of nitriles is 1. The van der Waals surface area contributed by atoms with Crippen LogP contribution in [0.25, 0.3) is 10.9 Å². The molecule has 0 bridgehead atoms. The summed E-state index contributed by atoms with van der Waals surface area (Å²) in [6.45, 7) is 1.43. The first-order chi connectivity index (χ1) is 11.3. The van der Waals surface area contributed by atoms with E-state index in [4.69, 9.17) is 0 Å². The maximum atomic E-state index is 12.2. The van der Waals surface area contributed by atoms with Crippen molar-refractivity contribution in [2.24, 2.45) is 0 Å². The maximum absolute atomic E-state index is 12.2. The highest BCUT2D eigenvalue weighted by molar-refractivity contribution is 5.94. The van der Waals surface area contributed by atoms with Gasteiger partial charge in [0, 0.05) is 24.7 Å². The van der Waals surface area contributed by atoms with Gasteiger partial charge in [-0.05, 0) is 12.5 Å². The number of anilines is 1. The summed E-state index contributed by atoms with van der Waals surface area (Å²) in [5, 5.41) is 14.4. The van der Waals surface area contributed by atoms with Gasteiger partial charge in [0.2, 0.25) is 0 Å². The molecule has 1 N–H and O–H groups in total. The van der Waals surface area contributed by atoms with Crippen LogP contribution < -0.4 is 10.5 Å². The fourth-order valence-corrected chi connectivity index (χ4v) is 3.13. The molecule has 1 saturated heterocycles. The number of pyridine rings is 2. The molecule has 0 saturated carbocycles. The molecular weight excluding hydrogens is 294 g/mol. The summed E-state index contributed by atoms with van der Waals surface area (Å²) < 4.78 is 1.82. The Morgan fingerprint density at radius 2 is 2.30 bits per heavy atom. The average molecular weight is 307 g/mol. The molecule has 0 spiro atoms. The third-order valence-corrected chi connectivity index (χ3v) is 4.19. The van der Waals surface area contributed by atoms with Gasteiger partial charge in [0.05, 0.1) is 23.4 Å². The molecule has 4 heterocycles. The van der Waals surface area contributed by atoms with Crippen molar-refractivity contribution in [1.29, 1.82) is 5.26 Å². The van der Waals surface area contributed by atoms with Gasteiger partial charge >= 0.3 is 0 Å². The van der Waals surface area contributed by atoms with E-state index in [0.717, 1.165) is 18.4 Å². The van der Waals surface area contributed by atoms with E-state index < -0.39 is 0 Å². The van der Waals surface area contributed by atoms with Gasteiger partial charge in [-0.1, -0.05) is 0 Å². The van der Waals surface area contributed by atoms with Crippen molar-refractivity contribution in [2.75, 3.05) is 18.0 Å². The van der Waals surface area contributed by atoms with Crippen molar-refractivity contribution < 1.29 is 0 Å². The summed E-state index contributed by atoms with van der Waals surface area (Å²) in [5.41, 5.74) is 1.07. The summed E-state index contributed by atoms with van der Waals surface area (Å²) in [7, 11) is 0. The Hall–Kier alpha value is -3.21. The summed E-state index contributed by atoms with van der Waals surface area (Å²) >= 11 is 0. The third-order valence-electron chi connectivity index (χ3n) is 4.19. The molecule has 8 nitrogen and oxygen atoms in total. The Morgan fingerprint density at radius 1 is 1.39 bits per heavy atom. The van der Waals surface area contributed by atoms with Crippen LogP contribution in [-0.4, -0.2) is 37.8 Å². The number of fused-ring (bicyclic) bond motifs is 1. The van der Waals surface area contributed by atoms with Gasteiger partial charge in [0.1, 0.15) is 24.3 Å². The fraction of sp³-hybridized carbons (Fsp3) is 0.267. The minimum absolute atomic E-state index is 0.142. The van der Waals surface area contributed by atoms with Crippen LogP contribution in [0.15, 0.2) is 35.9 Å². The van der Waals surface area contributed by atoms with Crippen molar-refractivity contribution in [1.82, 2.24) is 24.7 Å². The average Bonchev–Trinajstić information content (AvgIpc) is 3.24. The topological polar surface area (TPSA) is 103 Å². The second-order valence-corrected chi connectivity index (χ2v) is 5.47. The first-order valence-corrected chi connectivity index (χ1v) is 7.27. The Labute approximate surface area is 131 Å². The van der Waals surface area contributed by atoms with Crippen LogP contribution in [0.2, 0.25) is 0 Å². The van der Waals surface area contributed by atoms with Crippen molar-refractivity contribution >= 4 is 16.6 Å². The number of hydrogen-bond donors (Lipinski definition) is 1. The minimum atomic E-state index is -0.382. The SMILES string of the molecule is N#Cc1c(N2CC[C@H](n3cncn3)C2)c2ccncc2[nH]c1=O. The molecule has 4 rings (SSSR count). The molecule has 0 unspecified atom stereocenters. The largest absolute Gasteiger partial charge is 0.368 e. The number of nitrogens with zero attached hydrogens (tertiary/aromatic N) is 6. The first-order valence-electron chi connectivity index (χ1n) is 7.27. The van der Waals surface area contributed by atoms with Crippen LogP contribution in [0.3, 0.4) is 0 Å². The highest BCUT2D eigenvalue weighted by Gasteiger charge is 2.28. The zero-order valence-corrected chi connectivity index (χ0v) is 12.2. The van der Waals surface area contributed by atoms with Crippen LogP contribution in [-0.2, 0) is 0 Å². The summed E-state index contributed by atoms with van der Waals surface area (Å²) in [5.74, 6) is 0. The number of nitrogens with one attached hydrogen (secondary N) is 1. The molecule has 1 atom stereocenters. The van der Waals surface area contributed by atoms with E-state index in [0.29, 0.717) is 17.7 Å². The lowest BCUT2D eigenvalue weighted by atomic mass is 10.1. The Morgan fingerprint density at radius 3 is 3.09 bits per heavy atom. The van der Waals surface area contributed by atoms with Gasteiger partial charge in [-0.25, -0.2) is 9.67 Å². The van der Waals surface area contributed by atoms with Crippen molar-refractivity contribution in [3.05, 3.63) is 47.0 Å². The van der Waals surface area contributed by atoms with Crippen LogP contribution in [0.5, 0.6) is 0 Å². The Balaban J connectivity index is 1.83. The normalized spacial score (nSPS) is 17.5. The van der Waals surface area contributed by atoms with E-state index >= 15 is 0 Å². The number of hydrogen-bond acceptors (Lipinski definition) is 6. The Kier molecular flexibility index (Phi) is 3.05. The molecule has 0 aliphatic carbocycles. The van der Waals surface area contributed by atoms with E-state index in [-0.39, 0.29) is 17.2 Å². The monoisotopic (exact) mass is 307 g/mol. The van der Waals surface area contributed by atoms with E-state index in [1.54, 1.807) is 18.7 Å². The van der Waals surface area contributed by atoms with Crippen molar-refractivity contribution in [3.8, 4) is 6.07 Å². The number of aromatic amines is 1. The first kappa shape index (κ1) is 13.5. The predicted octanol–water partition coefficient (Wildman–Crippen LogP) is 0.838. The molecule has 1 aliphatic heterocycles. The fourth-order valence-electron chi connectivity index (χ4n) is 3.13. The molecule has 23 heavy (non-hydrogen) atoms. The molecule has 1 fully saturated rings. The van der Waals surface area contributed by atoms with Crippen molar-refractivity contribution in [2.45, 2.75) is 12.5 Å². The molecule has 0 aromatic carbocycles. The molecular formula is C15H13N7O. The van der Waals surface area contributed by atoms with Gasteiger partial charge in [0.25, 0.3) is 5.56 Å². The molecule has 3 aromatic heterocycles. The van der Waals surface area contributed by atoms with Crippen LogP contribution in [0.1, 0.15) is 18.0 Å². The second-order valence-electron chi connectivity index (χ2n) is 5.47. The van der Waals surface area contributed by atoms with Gasteiger partial charge in [-0.15, -0.1) is 0 Å². The van der Waals surface area contributed by atoms with E-state index in [2.05, 4.69) is 25.0 Å². The van der Waals surface area contributed by atoms with Gasteiger partial charge < -0.3 is 9.88 Å². The van der Waals surface area contributed by atoms with Crippen LogP contribution in [0, 0.1) is 11.3 Å². The zero-order chi connectivity index (χ0) is 15.8. The summed E-state index contributed by atoms with van der Waals surface area (Å²) in [4.78, 5) is 25.0. The van der Waals surface area contributed by atoms with E-state index in [9.17, 15) is 10.1 Å². The molecule has 0 amide bonds. The highest BCUT2D eigenvalue weighted by Crippen LogP contribution is 2.32. The standard InChI is InChI=1S/C15H13N7O/c16-5-12-14(11-1-3-17-6-13(11)20-15(12)23)21-4-2-10(7-21)22-9-18-8-19-22/h1,3,6,8-10H,2,4,7H2,(H,20,23)/t10-/m0/s1. The van der Waals surface area contributed by atoms with Gasteiger partial charge in [-0.3, -0.25) is 9.78 Å². The minimum Gasteiger partial charge on any atom is -0.368 e. The van der Waals surface area contributed by atoms with Gasteiger partial charge in [-0.2, -0.15) is 10.4 Å². The number of H-pyrrole nitrogens is 1. The molecule has 0 radical (unpaired) electrons. The van der Waals surface area contributed by atoms with Gasteiger partial charge in [0.15, 0.2) is 0 Å². The Bertz CT molecular complexity index is 954. The molecule has 114 valence electrons. The molecule has 8 heteroatoms. The smallest absolute Gasteiger partial charge is 0.268 e. The predicted molar refractivity (Wildman–Crippen MR) is 83.0 cm³/mol. The summed E-state index contributed by atoms with van der Waals surface area (Å²) in [6.07, 6.45) is 7.35. The van der Waals surface area contributed by atoms with E-state index in [1.165, 1.54) is 6.33 Å². The lowest BCUT2D eigenvalue weighted by molar-refractivity contribution is 0.493. The lowest BCUT2D eigenvalue weighted by Crippen LogP contribution is -2.25. The second kappa shape index (κ2) is 5.21. The molecule has 1 aliphatic rings. The number of rotatable bonds is 2. The highest BCUT2D eigenvalue weighted by atomic mass is 16.1. The summed E-state index contributed by atoms with van der Waals surface area (Å²) in [6, 6.07) is 4.05. The number of aromatic nitrogens is 5. The zero-order valence-electron chi connectivity index (χ0n) is 12.2. The van der Waals surface area contributed by atoms with E-state index in [1.807, 2.05) is 16.8 Å². The van der Waals surface area contributed by atoms with Crippen LogP contribution in [0.4, 0.5) is 5.69 Å². The van der Waals surface area contributed by atoms with Crippen LogP contribution >= 0.6 is 0 Å². The maximum Gasteiger partial charge on any atom is 0.268 e. The molecule has 3 aromatic rings. The quantitative estimate of drug-likeness (QED) is 0.752. The third kappa shape index (κ3) is 2.14. The lowest BCUT2D eigenvalue weighted by Gasteiger charge is -2.21.